The lowest BCUT2D eigenvalue weighted by molar-refractivity contribution is 0.249. The van der Waals surface area contributed by atoms with Gasteiger partial charge in [0.1, 0.15) is 0 Å². The smallest absolute Gasteiger partial charge is 0.332 e. The SMILES string of the molecule is CC1CCCC(C)(C)/C1=N\NC(N)=O. The monoisotopic (exact) mass is 197 g/mol. The van der Waals surface area contributed by atoms with E-state index in [-0.39, 0.29) is 5.41 Å². The van der Waals surface area contributed by atoms with E-state index in [1.165, 1.54) is 6.42 Å². The molecule has 0 radical (unpaired) electrons. The average molecular weight is 197 g/mol. The molecule has 3 N–H and O–H groups in total. The van der Waals surface area contributed by atoms with Crippen LogP contribution in [0.15, 0.2) is 5.10 Å². The van der Waals surface area contributed by atoms with Gasteiger partial charge in [-0.05, 0) is 18.8 Å². The normalized spacial score (nSPS) is 28.8. The van der Waals surface area contributed by atoms with Crippen LogP contribution in [0.2, 0.25) is 0 Å². The van der Waals surface area contributed by atoms with Gasteiger partial charge in [0.25, 0.3) is 0 Å². The third kappa shape index (κ3) is 2.47. The third-order valence-electron chi connectivity index (χ3n) is 2.89. The zero-order chi connectivity index (χ0) is 10.8. The molecular weight excluding hydrogens is 178 g/mol. The van der Waals surface area contributed by atoms with Gasteiger partial charge in [0.2, 0.25) is 0 Å². The van der Waals surface area contributed by atoms with E-state index in [0.29, 0.717) is 5.92 Å². The molecule has 1 aliphatic carbocycles. The third-order valence-corrected chi connectivity index (χ3v) is 2.89. The Morgan fingerprint density at radius 2 is 2.29 bits per heavy atom. The molecule has 1 unspecified atom stereocenters. The number of primary amides is 1. The molecule has 4 heteroatoms. The van der Waals surface area contributed by atoms with Gasteiger partial charge in [0.05, 0.1) is 0 Å². The van der Waals surface area contributed by atoms with Gasteiger partial charge < -0.3 is 5.73 Å². The van der Waals surface area contributed by atoms with E-state index in [1.54, 1.807) is 0 Å². The van der Waals surface area contributed by atoms with E-state index in [9.17, 15) is 4.79 Å². The van der Waals surface area contributed by atoms with E-state index in [0.717, 1.165) is 18.6 Å². The van der Waals surface area contributed by atoms with Crippen LogP contribution in [-0.4, -0.2) is 11.7 Å². The summed E-state index contributed by atoms with van der Waals surface area (Å²) in [7, 11) is 0. The summed E-state index contributed by atoms with van der Waals surface area (Å²) in [4.78, 5) is 10.6. The second-order valence-corrected chi connectivity index (χ2v) is 4.65. The molecular formula is C10H19N3O. The second kappa shape index (κ2) is 3.98. The number of carbonyl (C=O) groups is 1. The molecule has 1 rings (SSSR count). The van der Waals surface area contributed by atoms with Gasteiger partial charge in [-0.3, -0.25) is 0 Å². The fourth-order valence-electron chi connectivity index (χ4n) is 2.16. The molecule has 4 nitrogen and oxygen atoms in total. The van der Waals surface area contributed by atoms with Crippen LogP contribution in [-0.2, 0) is 0 Å². The van der Waals surface area contributed by atoms with Crippen LogP contribution >= 0.6 is 0 Å². The van der Waals surface area contributed by atoms with Crippen molar-refractivity contribution in [2.75, 3.05) is 0 Å². The number of carbonyl (C=O) groups excluding carboxylic acids is 1. The van der Waals surface area contributed by atoms with Crippen molar-refractivity contribution in [2.45, 2.75) is 40.0 Å². The minimum absolute atomic E-state index is 0.0834. The Morgan fingerprint density at radius 3 is 2.79 bits per heavy atom. The Kier molecular flexibility index (Phi) is 3.13. The molecule has 2 amide bonds. The molecule has 1 aliphatic rings. The maximum atomic E-state index is 10.6. The van der Waals surface area contributed by atoms with E-state index in [4.69, 9.17) is 5.73 Å². The van der Waals surface area contributed by atoms with Crippen molar-refractivity contribution in [1.29, 1.82) is 0 Å². The van der Waals surface area contributed by atoms with Crippen LogP contribution in [0.4, 0.5) is 4.79 Å². The predicted octanol–water partition coefficient (Wildman–Crippen LogP) is 1.86. The van der Waals surface area contributed by atoms with Gasteiger partial charge >= 0.3 is 6.03 Å². The van der Waals surface area contributed by atoms with Gasteiger partial charge in [0, 0.05) is 11.1 Å². The number of nitrogens with zero attached hydrogens (tertiary/aromatic N) is 1. The van der Waals surface area contributed by atoms with Crippen LogP contribution in [0, 0.1) is 11.3 Å². The van der Waals surface area contributed by atoms with Crippen LogP contribution in [0.3, 0.4) is 0 Å². The molecule has 1 fully saturated rings. The minimum Gasteiger partial charge on any atom is -0.350 e. The summed E-state index contributed by atoms with van der Waals surface area (Å²) in [5.41, 5.74) is 8.46. The number of hydrogen-bond donors (Lipinski definition) is 2. The molecule has 0 aromatic carbocycles. The van der Waals surface area contributed by atoms with Crippen molar-refractivity contribution in [3.05, 3.63) is 0 Å². The Morgan fingerprint density at radius 1 is 1.64 bits per heavy atom. The van der Waals surface area contributed by atoms with E-state index in [2.05, 4.69) is 31.3 Å². The van der Waals surface area contributed by atoms with E-state index >= 15 is 0 Å². The molecule has 14 heavy (non-hydrogen) atoms. The molecule has 0 aromatic rings. The number of nitrogens with one attached hydrogen (secondary N) is 1. The molecule has 0 aromatic heterocycles. The van der Waals surface area contributed by atoms with Gasteiger partial charge in [-0.1, -0.05) is 27.2 Å². The maximum absolute atomic E-state index is 10.6. The summed E-state index contributed by atoms with van der Waals surface area (Å²) >= 11 is 0. The summed E-state index contributed by atoms with van der Waals surface area (Å²) in [6, 6.07) is -0.592. The van der Waals surface area contributed by atoms with Crippen LogP contribution in [0.25, 0.3) is 0 Å². The van der Waals surface area contributed by atoms with Gasteiger partial charge in [0.15, 0.2) is 0 Å². The highest BCUT2D eigenvalue weighted by molar-refractivity contribution is 5.92. The van der Waals surface area contributed by atoms with E-state index in [1.807, 2.05) is 0 Å². The van der Waals surface area contributed by atoms with Crippen molar-refractivity contribution in [2.24, 2.45) is 22.2 Å². The fourth-order valence-corrected chi connectivity index (χ4v) is 2.16. The number of nitrogens with two attached hydrogens (primary N) is 1. The van der Waals surface area contributed by atoms with Crippen molar-refractivity contribution in [3.8, 4) is 0 Å². The van der Waals surface area contributed by atoms with Crippen molar-refractivity contribution in [3.63, 3.8) is 0 Å². The number of urea groups is 1. The fraction of sp³-hybridized carbons (Fsp3) is 0.800. The van der Waals surface area contributed by atoms with Gasteiger partial charge in [-0.2, -0.15) is 5.10 Å². The summed E-state index contributed by atoms with van der Waals surface area (Å²) in [6.45, 7) is 6.46. The molecule has 80 valence electrons. The lowest BCUT2D eigenvalue weighted by Gasteiger charge is -2.35. The first-order chi connectivity index (χ1) is 6.43. The predicted molar refractivity (Wildman–Crippen MR) is 57.0 cm³/mol. The van der Waals surface area contributed by atoms with Crippen LogP contribution in [0.5, 0.6) is 0 Å². The molecule has 0 bridgehead atoms. The first-order valence-corrected chi connectivity index (χ1v) is 5.07. The average Bonchev–Trinajstić information content (AvgIpc) is 2.01. The van der Waals surface area contributed by atoms with Crippen molar-refractivity contribution in [1.82, 2.24) is 5.43 Å². The zero-order valence-corrected chi connectivity index (χ0v) is 9.13. The summed E-state index contributed by atoms with van der Waals surface area (Å²) in [5, 5.41) is 4.11. The summed E-state index contributed by atoms with van der Waals surface area (Å²) < 4.78 is 0. The van der Waals surface area contributed by atoms with Gasteiger partial charge in [-0.15, -0.1) is 0 Å². The standard InChI is InChI=1S/C10H19N3O/c1-7-5-4-6-10(2,3)8(7)12-13-9(11)14/h7H,4-6H2,1-3H3,(H3,11,13,14)/b12-8-. The largest absolute Gasteiger partial charge is 0.350 e. The van der Waals surface area contributed by atoms with Crippen LogP contribution < -0.4 is 11.2 Å². The Hall–Kier alpha value is -1.06. The van der Waals surface area contributed by atoms with Crippen molar-refractivity contribution < 1.29 is 4.79 Å². The summed E-state index contributed by atoms with van der Waals surface area (Å²) in [6.07, 6.45) is 3.49. The minimum atomic E-state index is -0.592. The number of rotatable bonds is 1. The zero-order valence-electron chi connectivity index (χ0n) is 9.13. The molecule has 0 saturated heterocycles. The first kappa shape index (κ1) is 11.0. The number of hydrazone groups is 1. The second-order valence-electron chi connectivity index (χ2n) is 4.65. The quantitative estimate of drug-likeness (QED) is 0.619. The molecule has 0 heterocycles. The van der Waals surface area contributed by atoms with Crippen molar-refractivity contribution >= 4 is 11.7 Å². The van der Waals surface area contributed by atoms with Crippen LogP contribution in [0.1, 0.15) is 40.0 Å². The highest BCUT2D eigenvalue weighted by atomic mass is 16.2. The highest BCUT2D eigenvalue weighted by Crippen LogP contribution is 2.35. The highest BCUT2D eigenvalue weighted by Gasteiger charge is 2.33. The molecule has 0 aliphatic heterocycles. The molecule has 0 spiro atoms. The maximum Gasteiger partial charge on any atom is 0.332 e. The number of amides is 2. The molecule has 1 atom stereocenters. The first-order valence-electron chi connectivity index (χ1n) is 5.07. The number of hydrogen-bond acceptors (Lipinski definition) is 2. The summed E-state index contributed by atoms with van der Waals surface area (Å²) in [5.74, 6) is 0.436. The Labute approximate surface area is 84.9 Å². The molecule has 1 saturated carbocycles. The topological polar surface area (TPSA) is 67.5 Å². The lowest BCUT2D eigenvalue weighted by atomic mass is 9.71. The Bertz CT molecular complexity index is 258. The Balaban J connectivity index is 2.79. The van der Waals surface area contributed by atoms with Gasteiger partial charge in [-0.25, -0.2) is 10.2 Å². The lowest BCUT2D eigenvalue weighted by Crippen LogP contribution is -2.37. The van der Waals surface area contributed by atoms with E-state index < -0.39 is 6.03 Å².